The molecule has 0 aromatic carbocycles. The van der Waals surface area contributed by atoms with Crippen LogP contribution >= 0.6 is 0 Å². The number of nitrogens with zero attached hydrogens (tertiary/aromatic N) is 2. The molecule has 26 heavy (non-hydrogen) atoms. The van der Waals surface area contributed by atoms with Gasteiger partial charge in [-0.15, -0.1) is 0 Å². The smallest absolute Gasteiger partial charge is 0.224 e. The molecule has 2 fully saturated rings. The van der Waals surface area contributed by atoms with Crippen molar-refractivity contribution in [3.63, 3.8) is 0 Å². The quantitative estimate of drug-likeness (QED) is 0.735. The zero-order valence-electron chi connectivity index (χ0n) is 16.0. The molecule has 0 bridgehead atoms. The van der Waals surface area contributed by atoms with Gasteiger partial charge in [0.25, 0.3) is 0 Å². The predicted molar refractivity (Wildman–Crippen MR) is 102 cm³/mol. The number of amides is 1. The molecule has 1 aromatic heterocycles. The van der Waals surface area contributed by atoms with Crippen molar-refractivity contribution >= 4 is 5.91 Å². The molecule has 0 radical (unpaired) electrons. The molecule has 1 saturated carbocycles. The van der Waals surface area contributed by atoms with Crippen molar-refractivity contribution in [1.82, 2.24) is 15.2 Å². The summed E-state index contributed by atoms with van der Waals surface area (Å²) in [7, 11) is 2.20. The van der Waals surface area contributed by atoms with E-state index < -0.39 is 0 Å². The number of pyridine rings is 1. The monoisotopic (exact) mass is 359 g/mol. The number of nitrogens with one attached hydrogen (secondary N) is 1. The van der Waals surface area contributed by atoms with E-state index in [-0.39, 0.29) is 18.6 Å². The standard InChI is InChI=1S/C21H33N3O2/c1-24-13-3-6-20(24)18-11-12-19(22-14-18)5-2-4-16-7-9-17(10-8-16)21(26)23-15-25/h11-12,14,16-17,20,25H,2-10,13,15H2,1H3,(H,23,26)/t16?,17?,20-/m0/s1. The Labute approximate surface area is 157 Å². The number of aliphatic hydroxyl groups excluding tert-OH is 1. The van der Waals surface area contributed by atoms with Crippen LogP contribution in [0.1, 0.15) is 68.7 Å². The fraction of sp³-hybridized carbons (Fsp3) is 0.714. The maximum atomic E-state index is 11.8. The second-order valence-electron chi connectivity index (χ2n) is 8.03. The van der Waals surface area contributed by atoms with Gasteiger partial charge in [0.05, 0.1) is 0 Å². The molecular formula is C21H33N3O2. The molecule has 2 heterocycles. The third kappa shape index (κ3) is 5.04. The number of carbonyl (C=O) groups is 1. The summed E-state index contributed by atoms with van der Waals surface area (Å²) < 4.78 is 0. The summed E-state index contributed by atoms with van der Waals surface area (Å²) in [6.45, 7) is 0.942. The van der Waals surface area contributed by atoms with Crippen LogP contribution in [0.15, 0.2) is 18.3 Å². The van der Waals surface area contributed by atoms with Crippen molar-refractivity contribution in [2.45, 2.75) is 63.8 Å². The maximum Gasteiger partial charge on any atom is 0.224 e. The van der Waals surface area contributed by atoms with Gasteiger partial charge in [-0.05, 0) is 82.5 Å². The molecule has 5 nitrogen and oxygen atoms in total. The molecule has 0 spiro atoms. The minimum atomic E-state index is -0.248. The molecule has 3 rings (SSSR count). The SMILES string of the molecule is CN1CCC[C@H]1c1ccc(CCCC2CCC(C(=O)NCO)CC2)nc1. The lowest BCUT2D eigenvalue weighted by Gasteiger charge is -2.27. The molecule has 5 heteroatoms. The summed E-state index contributed by atoms with van der Waals surface area (Å²) in [5.41, 5.74) is 2.55. The van der Waals surface area contributed by atoms with Crippen LogP contribution in [0.25, 0.3) is 0 Å². The van der Waals surface area contributed by atoms with Crippen molar-refractivity contribution in [3.05, 3.63) is 29.6 Å². The van der Waals surface area contributed by atoms with Gasteiger partial charge < -0.3 is 10.4 Å². The third-order valence-corrected chi connectivity index (χ3v) is 6.27. The summed E-state index contributed by atoms with van der Waals surface area (Å²) in [5, 5.41) is 11.3. The van der Waals surface area contributed by atoms with Crippen LogP contribution in [0, 0.1) is 11.8 Å². The largest absolute Gasteiger partial charge is 0.377 e. The fourth-order valence-electron chi connectivity index (χ4n) is 4.62. The van der Waals surface area contributed by atoms with Crippen LogP contribution < -0.4 is 5.32 Å². The summed E-state index contributed by atoms with van der Waals surface area (Å²) in [4.78, 5) is 18.9. The number of carbonyl (C=O) groups excluding carboxylic acids is 1. The van der Waals surface area contributed by atoms with Crippen molar-refractivity contribution in [2.24, 2.45) is 11.8 Å². The number of hydrogen-bond acceptors (Lipinski definition) is 4. The van der Waals surface area contributed by atoms with Gasteiger partial charge in [-0.2, -0.15) is 0 Å². The third-order valence-electron chi connectivity index (χ3n) is 6.27. The second-order valence-corrected chi connectivity index (χ2v) is 8.03. The number of hydrogen-bond donors (Lipinski definition) is 2. The topological polar surface area (TPSA) is 65.5 Å². The fourth-order valence-corrected chi connectivity index (χ4v) is 4.62. The number of aryl methyl sites for hydroxylation is 1. The Morgan fingerprint density at radius 2 is 2.08 bits per heavy atom. The summed E-state index contributed by atoms with van der Waals surface area (Å²) >= 11 is 0. The molecule has 1 amide bonds. The average molecular weight is 360 g/mol. The minimum Gasteiger partial charge on any atom is -0.377 e. The minimum absolute atomic E-state index is 0.0168. The Hall–Kier alpha value is -1.46. The summed E-state index contributed by atoms with van der Waals surface area (Å²) in [6, 6.07) is 5.02. The van der Waals surface area contributed by atoms with Crippen LogP contribution in [0.3, 0.4) is 0 Å². The van der Waals surface area contributed by atoms with Crippen molar-refractivity contribution in [3.8, 4) is 0 Å². The van der Waals surface area contributed by atoms with Crippen LogP contribution in [0.2, 0.25) is 0 Å². The Morgan fingerprint density at radius 3 is 2.69 bits per heavy atom. The maximum absolute atomic E-state index is 11.8. The van der Waals surface area contributed by atoms with E-state index in [0.29, 0.717) is 6.04 Å². The van der Waals surface area contributed by atoms with Gasteiger partial charge in [-0.1, -0.05) is 12.5 Å². The van der Waals surface area contributed by atoms with Crippen molar-refractivity contribution in [1.29, 1.82) is 0 Å². The van der Waals surface area contributed by atoms with E-state index in [4.69, 9.17) is 10.1 Å². The molecule has 144 valence electrons. The lowest BCUT2D eigenvalue weighted by molar-refractivity contribution is -0.127. The zero-order chi connectivity index (χ0) is 18.4. The van der Waals surface area contributed by atoms with Crippen molar-refractivity contribution in [2.75, 3.05) is 20.3 Å². The van der Waals surface area contributed by atoms with E-state index in [0.717, 1.165) is 38.0 Å². The molecular weight excluding hydrogens is 326 g/mol. The van der Waals surface area contributed by atoms with E-state index in [2.05, 4.69) is 35.6 Å². The average Bonchev–Trinajstić information content (AvgIpc) is 3.09. The van der Waals surface area contributed by atoms with Gasteiger partial charge in [0.2, 0.25) is 5.91 Å². The van der Waals surface area contributed by atoms with E-state index in [9.17, 15) is 4.79 Å². The van der Waals surface area contributed by atoms with E-state index in [1.807, 2.05) is 0 Å². The lowest BCUT2D eigenvalue weighted by Crippen LogP contribution is -2.33. The second kappa shape index (κ2) is 9.47. The molecule has 2 N–H and O–H groups in total. The van der Waals surface area contributed by atoms with Gasteiger partial charge >= 0.3 is 0 Å². The van der Waals surface area contributed by atoms with Gasteiger partial charge in [0, 0.05) is 23.9 Å². The van der Waals surface area contributed by atoms with Gasteiger partial charge in [-0.25, -0.2) is 0 Å². The molecule has 0 unspecified atom stereocenters. The summed E-state index contributed by atoms with van der Waals surface area (Å²) in [5.74, 6) is 0.851. The number of aromatic nitrogens is 1. The van der Waals surface area contributed by atoms with E-state index in [1.54, 1.807) is 0 Å². The number of rotatable bonds is 7. The first-order valence-electron chi connectivity index (χ1n) is 10.2. The van der Waals surface area contributed by atoms with Crippen LogP contribution in [0.4, 0.5) is 0 Å². The first kappa shape index (κ1) is 19.3. The molecule has 1 aliphatic carbocycles. The van der Waals surface area contributed by atoms with Crippen LogP contribution in [0.5, 0.6) is 0 Å². The van der Waals surface area contributed by atoms with E-state index >= 15 is 0 Å². The highest BCUT2D eigenvalue weighted by Gasteiger charge is 2.26. The van der Waals surface area contributed by atoms with Crippen LogP contribution in [-0.4, -0.2) is 41.2 Å². The first-order chi connectivity index (χ1) is 12.7. The molecule has 1 atom stereocenters. The Balaban J connectivity index is 1.37. The number of likely N-dealkylation sites (tertiary alicyclic amines) is 1. The van der Waals surface area contributed by atoms with Crippen molar-refractivity contribution < 1.29 is 9.90 Å². The Kier molecular flexibility index (Phi) is 7.03. The van der Waals surface area contributed by atoms with Gasteiger partial charge in [-0.3, -0.25) is 14.7 Å². The number of aliphatic hydroxyl groups is 1. The first-order valence-corrected chi connectivity index (χ1v) is 10.2. The Morgan fingerprint density at radius 1 is 1.27 bits per heavy atom. The highest BCUT2D eigenvalue weighted by molar-refractivity contribution is 5.78. The van der Waals surface area contributed by atoms with Crippen LogP contribution in [-0.2, 0) is 11.2 Å². The summed E-state index contributed by atoms with van der Waals surface area (Å²) in [6.07, 6.45) is 12.2. The Bertz CT molecular complexity index is 567. The predicted octanol–water partition coefficient (Wildman–Crippen LogP) is 3.04. The molecule has 1 saturated heterocycles. The highest BCUT2D eigenvalue weighted by atomic mass is 16.3. The molecule has 2 aliphatic rings. The molecule has 1 aliphatic heterocycles. The lowest BCUT2D eigenvalue weighted by atomic mass is 9.79. The van der Waals surface area contributed by atoms with Gasteiger partial charge in [0.1, 0.15) is 6.73 Å². The van der Waals surface area contributed by atoms with Gasteiger partial charge in [0.15, 0.2) is 0 Å². The van der Waals surface area contributed by atoms with E-state index in [1.165, 1.54) is 43.5 Å². The molecule has 1 aromatic rings. The zero-order valence-corrected chi connectivity index (χ0v) is 16.0. The normalized spacial score (nSPS) is 26.8. The highest BCUT2D eigenvalue weighted by Crippen LogP contribution is 2.32.